The van der Waals surface area contributed by atoms with Gasteiger partial charge >= 0.3 is 0 Å². The molecule has 1 amide bonds. The van der Waals surface area contributed by atoms with E-state index in [0.717, 1.165) is 30.3 Å². The van der Waals surface area contributed by atoms with E-state index in [2.05, 4.69) is 10.4 Å². The summed E-state index contributed by atoms with van der Waals surface area (Å²) in [6, 6.07) is 11.6. The number of benzene rings is 2. The molecule has 144 valence electrons. The van der Waals surface area contributed by atoms with E-state index < -0.39 is 44.5 Å². The van der Waals surface area contributed by atoms with Gasteiger partial charge < -0.3 is 5.32 Å². The Balaban J connectivity index is 1.89. The molecule has 1 aromatic heterocycles. The van der Waals surface area contributed by atoms with Gasteiger partial charge in [0.25, 0.3) is 5.56 Å². The molecule has 0 saturated heterocycles. The fourth-order valence-corrected chi connectivity index (χ4v) is 3.55. The normalized spacial score (nSPS) is 11.2. The summed E-state index contributed by atoms with van der Waals surface area (Å²) in [4.78, 5) is 23.7. The zero-order chi connectivity index (χ0) is 20.3. The number of hydrogen-bond donors (Lipinski definition) is 1. The number of aromatic nitrogens is 2. The number of carbonyl (C=O) groups is 1. The van der Waals surface area contributed by atoms with Gasteiger partial charge in [0, 0.05) is 6.07 Å². The zero-order valence-electron chi connectivity index (χ0n) is 14.2. The van der Waals surface area contributed by atoms with E-state index in [-0.39, 0.29) is 10.6 Å². The summed E-state index contributed by atoms with van der Waals surface area (Å²) in [6.07, 6.45) is 0. The molecule has 3 rings (SSSR count). The van der Waals surface area contributed by atoms with Crippen molar-refractivity contribution >= 4 is 21.4 Å². The number of nitrogens with zero attached hydrogens (tertiary/aromatic N) is 2. The van der Waals surface area contributed by atoms with Crippen molar-refractivity contribution in [2.75, 3.05) is 5.32 Å². The second kappa shape index (κ2) is 7.69. The molecule has 2 aromatic carbocycles. The molecule has 0 spiro atoms. The van der Waals surface area contributed by atoms with Crippen LogP contribution < -0.4 is 10.9 Å². The summed E-state index contributed by atoms with van der Waals surface area (Å²) in [5.41, 5.74) is -0.828. The summed E-state index contributed by atoms with van der Waals surface area (Å²) < 4.78 is 52.7. The monoisotopic (exact) mass is 405 g/mol. The van der Waals surface area contributed by atoms with E-state index >= 15 is 0 Å². The Morgan fingerprint density at radius 1 is 1.04 bits per heavy atom. The van der Waals surface area contributed by atoms with Crippen molar-refractivity contribution in [1.82, 2.24) is 9.78 Å². The molecule has 0 bridgehead atoms. The van der Waals surface area contributed by atoms with E-state index in [9.17, 15) is 26.8 Å². The molecule has 0 aliphatic heterocycles. The Morgan fingerprint density at radius 2 is 1.79 bits per heavy atom. The van der Waals surface area contributed by atoms with Gasteiger partial charge in [-0.05, 0) is 36.4 Å². The molecular formula is C18H13F2N3O4S. The van der Waals surface area contributed by atoms with E-state index in [1.165, 1.54) is 30.3 Å². The van der Waals surface area contributed by atoms with Crippen LogP contribution in [0.4, 0.5) is 14.5 Å². The third kappa shape index (κ3) is 4.12. The van der Waals surface area contributed by atoms with Crippen LogP contribution in [0.25, 0.3) is 0 Å². The fourth-order valence-electron chi connectivity index (χ4n) is 2.33. The van der Waals surface area contributed by atoms with Gasteiger partial charge in [-0.1, -0.05) is 18.2 Å². The molecule has 0 fully saturated rings. The average molecular weight is 405 g/mol. The first-order valence-electron chi connectivity index (χ1n) is 7.90. The quantitative estimate of drug-likeness (QED) is 0.700. The Labute approximate surface area is 158 Å². The maximum Gasteiger partial charge on any atom is 0.267 e. The van der Waals surface area contributed by atoms with Gasteiger partial charge in [0.1, 0.15) is 18.2 Å². The van der Waals surface area contributed by atoms with E-state index in [0.29, 0.717) is 4.68 Å². The van der Waals surface area contributed by atoms with Gasteiger partial charge in [-0.2, -0.15) is 5.10 Å². The molecule has 7 nitrogen and oxygen atoms in total. The van der Waals surface area contributed by atoms with Crippen LogP contribution in [0.5, 0.6) is 0 Å². The van der Waals surface area contributed by atoms with Gasteiger partial charge in [0.05, 0.1) is 10.6 Å². The fraction of sp³-hybridized carbons (Fsp3) is 0.0556. The summed E-state index contributed by atoms with van der Waals surface area (Å²) in [5.74, 6) is -2.20. The SMILES string of the molecule is O=C(Cn1nc(S(=O)(=O)c2cccc(F)c2)ccc1=O)Nc1ccccc1F. The molecule has 28 heavy (non-hydrogen) atoms. The highest BCUT2D eigenvalue weighted by molar-refractivity contribution is 7.91. The summed E-state index contributed by atoms with van der Waals surface area (Å²) in [7, 11) is -4.20. The van der Waals surface area contributed by atoms with Gasteiger partial charge in [-0.15, -0.1) is 0 Å². The molecule has 10 heteroatoms. The van der Waals surface area contributed by atoms with E-state index in [4.69, 9.17) is 0 Å². The molecule has 0 aliphatic rings. The van der Waals surface area contributed by atoms with Crippen LogP contribution in [0, 0.1) is 11.6 Å². The first-order valence-corrected chi connectivity index (χ1v) is 9.39. The average Bonchev–Trinajstić information content (AvgIpc) is 2.65. The molecule has 1 heterocycles. The van der Waals surface area contributed by atoms with E-state index in [1.54, 1.807) is 0 Å². The van der Waals surface area contributed by atoms with Gasteiger partial charge in [-0.3, -0.25) is 9.59 Å². The number of anilines is 1. The number of hydrogen-bond acceptors (Lipinski definition) is 5. The predicted octanol–water partition coefficient (Wildman–Crippen LogP) is 1.99. The van der Waals surface area contributed by atoms with Crippen LogP contribution >= 0.6 is 0 Å². The molecule has 0 radical (unpaired) electrons. The van der Waals surface area contributed by atoms with Gasteiger partial charge in [0.2, 0.25) is 15.7 Å². The number of rotatable bonds is 5. The van der Waals surface area contributed by atoms with Crippen LogP contribution in [-0.4, -0.2) is 24.1 Å². The van der Waals surface area contributed by atoms with E-state index in [1.807, 2.05) is 0 Å². The van der Waals surface area contributed by atoms with Crippen molar-refractivity contribution in [2.24, 2.45) is 0 Å². The highest BCUT2D eigenvalue weighted by Gasteiger charge is 2.21. The highest BCUT2D eigenvalue weighted by Crippen LogP contribution is 2.18. The number of nitrogens with one attached hydrogen (secondary N) is 1. The molecule has 0 unspecified atom stereocenters. The molecule has 0 saturated carbocycles. The molecule has 1 N–H and O–H groups in total. The van der Waals surface area contributed by atoms with Crippen LogP contribution in [0.2, 0.25) is 0 Å². The van der Waals surface area contributed by atoms with Crippen molar-refractivity contribution in [2.45, 2.75) is 16.5 Å². The molecule has 0 aliphatic carbocycles. The maximum absolute atomic E-state index is 13.6. The Hall–Kier alpha value is -3.40. The number of carbonyl (C=O) groups excluding carboxylic acids is 1. The Kier molecular flexibility index (Phi) is 5.32. The summed E-state index contributed by atoms with van der Waals surface area (Å²) in [6.45, 7) is -0.639. The lowest BCUT2D eigenvalue weighted by molar-refractivity contribution is -0.117. The minimum absolute atomic E-state index is 0.0934. The lowest BCUT2D eigenvalue weighted by Gasteiger charge is -2.09. The topological polar surface area (TPSA) is 98.1 Å². The third-order valence-corrected chi connectivity index (χ3v) is 5.31. The first kappa shape index (κ1) is 19.4. The van der Waals surface area contributed by atoms with Crippen LogP contribution in [-0.2, 0) is 21.2 Å². The molecule has 0 atom stereocenters. The molecule has 3 aromatic rings. The smallest absolute Gasteiger partial charge is 0.267 e. The summed E-state index contributed by atoms with van der Waals surface area (Å²) in [5, 5.41) is 5.43. The van der Waals surface area contributed by atoms with Gasteiger partial charge in [-0.25, -0.2) is 21.9 Å². The largest absolute Gasteiger partial charge is 0.322 e. The van der Waals surface area contributed by atoms with Crippen molar-refractivity contribution in [3.05, 3.63) is 82.7 Å². The lowest BCUT2D eigenvalue weighted by atomic mass is 10.3. The predicted molar refractivity (Wildman–Crippen MR) is 95.4 cm³/mol. The third-order valence-electron chi connectivity index (χ3n) is 3.67. The standard InChI is InChI=1S/C18H13F2N3O4S/c19-12-4-3-5-13(10-12)28(26,27)17-8-9-18(25)23(22-17)11-16(24)21-15-7-2-1-6-14(15)20/h1-10H,11H2,(H,21,24). The van der Waals surface area contributed by atoms with Crippen molar-refractivity contribution < 1.29 is 22.0 Å². The highest BCUT2D eigenvalue weighted by atomic mass is 32.2. The van der Waals surface area contributed by atoms with Crippen LogP contribution in [0.15, 0.2) is 75.4 Å². The Bertz CT molecular complexity index is 1210. The summed E-state index contributed by atoms with van der Waals surface area (Å²) >= 11 is 0. The van der Waals surface area contributed by atoms with Crippen LogP contribution in [0.1, 0.15) is 0 Å². The van der Waals surface area contributed by atoms with Crippen molar-refractivity contribution in [3.8, 4) is 0 Å². The number of amides is 1. The second-order valence-corrected chi connectivity index (χ2v) is 7.55. The number of para-hydroxylation sites is 1. The second-order valence-electron chi connectivity index (χ2n) is 5.66. The lowest BCUT2D eigenvalue weighted by Crippen LogP contribution is -2.30. The first-order chi connectivity index (χ1) is 13.3. The van der Waals surface area contributed by atoms with Gasteiger partial charge in [0.15, 0.2) is 5.03 Å². The zero-order valence-corrected chi connectivity index (χ0v) is 15.0. The van der Waals surface area contributed by atoms with Crippen molar-refractivity contribution in [1.29, 1.82) is 0 Å². The van der Waals surface area contributed by atoms with Crippen LogP contribution in [0.3, 0.4) is 0 Å². The Morgan fingerprint density at radius 3 is 2.50 bits per heavy atom. The number of halogens is 2. The number of sulfone groups is 1. The molecular weight excluding hydrogens is 392 g/mol. The minimum Gasteiger partial charge on any atom is -0.322 e. The minimum atomic E-state index is -4.20. The van der Waals surface area contributed by atoms with Crippen molar-refractivity contribution in [3.63, 3.8) is 0 Å². The maximum atomic E-state index is 13.6.